The molecule has 5 aromatic rings. The van der Waals surface area contributed by atoms with Gasteiger partial charge in [-0.05, 0) is 54.9 Å². The summed E-state index contributed by atoms with van der Waals surface area (Å²) in [6.07, 6.45) is 8.15. The van der Waals surface area contributed by atoms with Crippen molar-refractivity contribution in [2.24, 2.45) is 7.05 Å². The van der Waals surface area contributed by atoms with Crippen LogP contribution in [0.4, 0.5) is 9.59 Å². The van der Waals surface area contributed by atoms with Crippen molar-refractivity contribution < 1.29 is 33.4 Å². The normalized spacial score (nSPS) is 21.1. The number of H-pyrrole nitrogens is 2. The largest absolute Gasteiger partial charge is 0.453 e. The third kappa shape index (κ3) is 6.98. The van der Waals surface area contributed by atoms with Crippen LogP contribution in [0.5, 0.6) is 0 Å². The van der Waals surface area contributed by atoms with E-state index in [1.54, 1.807) is 46.5 Å². The average molecular weight is 805 g/mol. The number of nitrogens with one attached hydrogen (secondary N) is 3. The molecular weight excluding hydrogens is 757 g/mol. The van der Waals surface area contributed by atoms with Crippen molar-refractivity contribution in [1.82, 2.24) is 49.5 Å². The third-order valence-corrected chi connectivity index (χ3v) is 12.0. The molecule has 59 heavy (non-hydrogen) atoms. The molecule has 3 saturated heterocycles. The Hall–Kier alpha value is -6.49. The molecule has 3 aromatic heterocycles. The summed E-state index contributed by atoms with van der Waals surface area (Å²) in [7, 11) is 5.95. The summed E-state index contributed by atoms with van der Waals surface area (Å²) in [5, 5.41) is 2.62. The van der Waals surface area contributed by atoms with Crippen LogP contribution in [0.25, 0.3) is 33.6 Å². The average Bonchev–Trinajstić information content (AvgIpc) is 4.13. The second-order valence-electron chi connectivity index (χ2n) is 15.2. The Morgan fingerprint density at radius 3 is 2.17 bits per heavy atom. The summed E-state index contributed by atoms with van der Waals surface area (Å²) in [5.41, 5.74) is 5.21. The summed E-state index contributed by atoms with van der Waals surface area (Å²) in [4.78, 5) is 78.6. The Morgan fingerprint density at radius 1 is 0.881 bits per heavy atom. The van der Waals surface area contributed by atoms with E-state index in [1.165, 1.54) is 21.3 Å². The quantitative estimate of drug-likeness (QED) is 0.168. The van der Waals surface area contributed by atoms with E-state index in [-0.39, 0.29) is 17.9 Å². The lowest BCUT2D eigenvalue weighted by Crippen LogP contribution is -2.54. The molecule has 1 unspecified atom stereocenters. The fourth-order valence-corrected chi connectivity index (χ4v) is 8.79. The van der Waals surface area contributed by atoms with Gasteiger partial charge in [0.05, 0.1) is 56.5 Å². The van der Waals surface area contributed by atoms with Gasteiger partial charge >= 0.3 is 12.2 Å². The molecule has 2 aromatic carbocycles. The van der Waals surface area contributed by atoms with Gasteiger partial charge in [0.25, 0.3) is 0 Å². The summed E-state index contributed by atoms with van der Waals surface area (Å²) < 4.78 is 17.3. The van der Waals surface area contributed by atoms with Crippen LogP contribution < -0.4 is 5.32 Å². The van der Waals surface area contributed by atoms with Crippen LogP contribution in [0.3, 0.4) is 0 Å². The van der Waals surface area contributed by atoms with E-state index in [0.29, 0.717) is 37.6 Å². The van der Waals surface area contributed by atoms with Crippen molar-refractivity contribution >= 4 is 24.0 Å². The fraction of sp³-hybridized carbons (Fsp3) is 0.405. The minimum Gasteiger partial charge on any atom is -0.453 e. The van der Waals surface area contributed by atoms with Gasteiger partial charge in [-0.2, -0.15) is 0 Å². The second kappa shape index (κ2) is 16.0. The summed E-state index contributed by atoms with van der Waals surface area (Å²) in [6, 6.07) is 14.3. The van der Waals surface area contributed by atoms with Crippen LogP contribution in [-0.2, 0) is 42.9 Å². The topological polar surface area (TPSA) is 193 Å². The Bertz CT molecular complexity index is 2340. The SMILES string of the molecule is COC(=O)NC(C(=O)N1CCC[C@H]1c1ncc(-c2ccc(-c3ccc(-c4cnc([C@]56CCCN5C(=O)[C@H](Cc5cncn5C)N6C(=O)OC)[nH]4)cc3)cc2)[nH]1)[C@@H](C)OC. The zero-order valence-corrected chi connectivity index (χ0v) is 33.7. The van der Waals surface area contributed by atoms with Crippen LogP contribution in [0.15, 0.2) is 73.4 Å². The molecule has 8 rings (SSSR count). The predicted octanol–water partition coefficient (Wildman–Crippen LogP) is 4.76. The maximum Gasteiger partial charge on any atom is 0.412 e. The van der Waals surface area contributed by atoms with Crippen LogP contribution in [-0.4, -0.2) is 121 Å². The van der Waals surface area contributed by atoms with E-state index in [9.17, 15) is 19.2 Å². The predicted molar refractivity (Wildman–Crippen MR) is 214 cm³/mol. The number of fused-ring (bicyclic) bond motifs is 1. The molecule has 0 saturated carbocycles. The first-order valence-corrected chi connectivity index (χ1v) is 19.7. The first-order chi connectivity index (χ1) is 28.6. The highest BCUT2D eigenvalue weighted by Crippen LogP contribution is 2.48. The number of aryl methyl sites for hydroxylation is 1. The van der Waals surface area contributed by atoms with E-state index in [1.807, 2.05) is 60.1 Å². The minimum absolute atomic E-state index is 0.139. The van der Waals surface area contributed by atoms with E-state index < -0.39 is 36.0 Å². The fourth-order valence-electron chi connectivity index (χ4n) is 8.79. The molecule has 17 heteroatoms. The number of amides is 4. The van der Waals surface area contributed by atoms with Crippen LogP contribution in [0.1, 0.15) is 56.0 Å². The number of nitrogens with zero attached hydrogens (tertiary/aromatic N) is 7. The molecule has 5 atom stereocenters. The highest BCUT2D eigenvalue weighted by atomic mass is 16.5. The zero-order valence-electron chi connectivity index (χ0n) is 33.7. The van der Waals surface area contributed by atoms with Crippen molar-refractivity contribution in [3.63, 3.8) is 0 Å². The number of benzene rings is 2. The first kappa shape index (κ1) is 39.3. The van der Waals surface area contributed by atoms with Crippen molar-refractivity contribution in [2.45, 2.75) is 68.9 Å². The number of rotatable bonds is 11. The smallest absolute Gasteiger partial charge is 0.412 e. The lowest BCUT2D eigenvalue weighted by atomic mass is 10.0. The standard InChI is InChI=1S/C42H48N10O7/c1-25(57-3)35(48-40(55)58-4)38(54)50-18-6-8-33(50)36-44-22-31(46-36)28-13-9-26(10-14-28)27-11-15-29(16-12-27)32-23-45-39(47-32)42-17-7-19-51(42)37(53)34(52(42)41(56)59-5)20-30-21-43-24-49(30)2/h9-16,21-25,33-35H,6-8,17-20H2,1-5H3,(H,44,46)(H,45,47)(H,48,55)/t25-,33+,34+,35?,42-/m1/s1. The van der Waals surface area contributed by atoms with Crippen LogP contribution in [0, 0.1) is 0 Å². The number of likely N-dealkylation sites (tertiary alicyclic amines) is 1. The Morgan fingerprint density at radius 2 is 1.54 bits per heavy atom. The molecule has 0 aliphatic carbocycles. The number of hydrogen-bond donors (Lipinski definition) is 3. The molecular formula is C42H48N10O7. The van der Waals surface area contributed by atoms with Gasteiger partial charge in [0.2, 0.25) is 11.8 Å². The van der Waals surface area contributed by atoms with Gasteiger partial charge in [0, 0.05) is 45.6 Å². The zero-order chi connectivity index (χ0) is 41.4. The lowest BCUT2D eigenvalue weighted by Gasteiger charge is -2.37. The molecule has 3 aliphatic heterocycles. The summed E-state index contributed by atoms with van der Waals surface area (Å²) >= 11 is 0. The van der Waals surface area contributed by atoms with E-state index >= 15 is 0 Å². The number of ether oxygens (including phenoxy) is 3. The van der Waals surface area contributed by atoms with Crippen molar-refractivity contribution in [3.8, 4) is 33.6 Å². The second-order valence-corrected chi connectivity index (χ2v) is 15.2. The third-order valence-electron chi connectivity index (χ3n) is 12.0. The molecule has 0 bridgehead atoms. The number of aromatic amines is 2. The first-order valence-electron chi connectivity index (χ1n) is 19.7. The molecule has 3 N–H and O–H groups in total. The Balaban J connectivity index is 0.973. The molecule has 4 amide bonds. The van der Waals surface area contributed by atoms with Gasteiger partial charge in [-0.3, -0.25) is 14.5 Å². The number of alkyl carbamates (subject to hydrolysis) is 1. The van der Waals surface area contributed by atoms with Crippen molar-refractivity contribution in [3.05, 3.63) is 90.8 Å². The summed E-state index contributed by atoms with van der Waals surface area (Å²) in [6.45, 7) is 2.77. The minimum atomic E-state index is -1.09. The Labute approximate surface area is 341 Å². The van der Waals surface area contributed by atoms with Gasteiger partial charge in [-0.15, -0.1) is 0 Å². The van der Waals surface area contributed by atoms with Crippen molar-refractivity contribution in [1.29, 1.82) is 0 Å². The van der Waals surface area contributed by atoms with Crippen LogP contribution in [0.2, 0.25) is 0 Å². The number of hydrogen-bond acceptors (Lipinski definition) is 10. The van der Waals surface area contributed by atoms with E-state index in [2.05, 4.69) is 25.3 Å². The number of aromatic nitrogens is 6. The lowest BCUT2D eigenvalue weighted by molar-refractivity contribution is -0.137. The van der Waals surface area contributed by atoms with Crippen molar-refractivity contribution in [2.75, 3.05) is 34.4 Å². The maximum atomic E-state index is 13.9. The van der Waals surface area contributed by atoms with Gasteiger partial charge in [0.15, 0.2) is 11.5 Å². The highest BCUT2D eigenvalue weighted by molar-refractivity contribution is 5.91. The maximum absolute atomic E-state index is 13.9. The highest BCUT2D eigenvalue weighted by Gasteiger charge is 2.63. The molecule has 17 nitrogen and oxygen atoms in total. The molecule has 3 fully saturated rings. The number of carbonyl (C=O) groups is 4. The molecule has 3 aliphatic rings. The van der Waals surface area contributed by atoms with Gasteiger partial charge in [-0.25, -0.2) is 24.5 Å². The van der Waals surface area contributed by atoms with Crippen LogP contribution >= 0.6 is 0 Å². The molecule has 0 spiro atoms. The summed E-state index contributed by atoms with van der Waals surface area (Å²) in [5.74, 6) is 0.803. The van der Waals surface area contributed by atoms with Gasteiger partial charge in [0.1, 0.15) is 17.9 Å². The number of carbonyl (C=O) groups excluding carboxylic acids is 4. The molecule has 6 heterocycles. The number of methoxy groups -OCH3 is 3. The van der Waals surface area contributed by atoms with E-state index in [0.717, 1.165) is 58.6 Å². The molecule has 0 radical (unpaired) electrons. The molecule has 308 valence electrons. The van der Waals surface area contributed by atoms with Gasteiger partial charge in [-0.1, -0.05) is 48.5 Å². The van der Waals surface area contributed by atoms with E-state index in [4.69, 9.17) is 19.2 Å². The van der Waals surface area contributed by atoms with Gasteiger partial charge < -0.3 is 43.9 Å². The Kier molecular flexibility index (Phi) is 10.7. The monoisotopic (exact) mass is 804 g/mol. The number of imidazole rings is 3.